The fourth-order valence-corrected chi connectivity index (χ4v) is 7.07. The minimum absolute atomic E-state index is 0.239. The normalized spacial score (nSPS) is 36.9. The fraction of sp³-hybridized carbons (Fsp3) is 0.708. The summed E-state index contributed by atoms with van der Waals surface area (Å²) in [5.74, 6) is 2.62. The van der Waals surface area contributed by atoms with Gasteiger partial charge < -0.3 is 10.2 Å². The highest BCUT2D eigenvalue weighted by molar-refractivity contribution is 5.81. The highest BCUT2D eigenvalue weighted by Gasteiger charge is 2.49. The van der Waals surface area contributed by atoms with Crippen molar-refractivity contribution in [1.29, 1.82) is 0 Å². The van der Waals surface area contributed by atoms with Crippen LogP contribution in [0.3, 0.4) is 0 Å². The highest BCUT2D eigenvalue weighted by atomic mass is 16.2. The molecular weight excluding hydrogens is 332 g/mol. The van der Waals surface area contributed by atoms with Gasteiger partial charge in [-0.05, 0) is 87.4 Å². The van der Waals surface area contributed by atoms with Crippen LogP contribution in [-0.4, -0.2) is 29.9 Å². The monoisotopic (exact) mass is 364 g/mol. The van der Waals surface area contributed by atoms with Crippen molar-refractivity contribution in [2.24, 2.45) is 17.8 Å². The summed E-state index contributed by atoms with van der Waals surface area (Å²) in [4.78, 5) is 15.3. The van der Waals surface area contributed by atoms with Gasteiger partial charge in [0.15, 0.2) is 0 Å². The Balaban J connectivity index is 1.20. The second-order valence-electron chi connectivity index (χ2n) is 10.2. The number of piperidine rings is 1. The molecule has 5 aliphatic rings. The molecule has 1 spiro atoms. The Morgan fingerprint density at radius 1 is 1.04 bits per heavy atom. The molecule has 0 radical (unpaired) electrons. The van der Waals surface area contributed by atoms with Crippen LogP contribution in [0.25, 0.3) is 0 Å². The van der Waals surface area contributed by atoms with Crippen LogP contribution < -0.4 is 5.32 Å². The summed E-state index contributed by atoms with van der Waals surface area (Å²) in [6, 6.07) is 10.1. The fourth-order valence-electron chi connectivity index (χ4n) is 7.07. The van der Waals surface area contributed by atoms with E-state index in [4.69, 9.17) is 0 Å². The van der Waals surface area contributed by atoms with E-state index >= 15 is 0 Å². The van der Waals surface area contributed by atoms with E-state index in [1.807, 2.05) is 0 Å². The largest absolute Gasteiger partial charge is 0.349 e. The zero-order valence-electron chi connectivity index (χ0n) is 16.3. The number of amides is 1. The Hall–Kier alpha value is -1.35. The van der Waals surface area contributed by atoms with Crippen molar-refractivity contribution in [2.45, 2.75) is 75.3 Å². The topological polar surface area (TPSA) is 32.3 Å². The first-order valence-corrected chi connectivity index (χ1v) is 11.4. The molecule has 4 atom stereocenters. The van der Waals surface area contributed by atoms with Crippen molar-refractivity contribution >= 4 is 5.91 Å². The number of benzene rings is 1. The van der Waals surface area contributed by atoms with Gasteiger partial charge in [-0.25, -0.2) is 0 Å². The van der Waals surface area contributed by atoms with Gasteiger partial charge >= 0.3 is 0 Å². The number of rotatable bonds is 3. The molecule has 2 bridgehead atoms. The molecule has 3 heteroatoms. The van der Waals surface area contributed by atoms with Crippen LogP contribution in [0.5, 0.6) is 0 Å². The second-order valence-corrected chi connectivity index (χ2v) is 10.2. The molecular formula is C24H32N2O. The van der Waals surface area contributed by atoms with Crippen molar-refractivity contribution in [3.63, 3.8) is 0 Å². The zero-order valence-corrected chi connectivity index (χ0v) is 16.3. The summed E-state index contributed by atoms with van der Waals surface area (Å²) < 4.78 is 0. The molecule has 4 fully saturated rings. The predicted molar refractivity (Wildman–Crippen MR) is 106 cm³/mol. The molecule has 1 heterocycles. The van der Waals surface area contributed by atoms with E-state index in [-0.39, 0.29) is 6.04 Å². The van der Waals surface area contributed by atoms with E-state index in [0.29, 0.717) is 17.2 Å². The Kier molecular flexibility index (Phi) is 3.73. The summed E-state index contributed by atoms with van der Waals surface area (Å²) >= 11 is 0. The number of nitrogens with zero attached hydrogens (tertiary/aromatic N) is 1. The molecule has 1 aromatic rings. The molecule has 1 amide bonds. The molecule has 27 heavy (non-hydrogen) atoms. The molecule has 4 aliphatic carbocycles. The predicted octanol–water partition coefficient (Wildman–Crippen LogP) is 4.18. The van der Waals surface area contributed by atoms with Crippen molar-refractivity contribution in [1.82, 2.24) is 10.2 Å². The summed E-state index contributed by atoms with van der Waals surface area (Å²) in [7, 11) is 0. The summed E-state index contributed by atoms with van der Waals surface area (Å²) in [5.41, 5.74) is 3.24. The minimum Gasteiger partial charge on any atom is -0.349 e. The van der Waals surface area contributed by atoms with E-state index in [1.165, 1.54) is 57.2 Å². The molecule has 1 saturated heterocycles. The van der Waals surface area contributed by atoms with Gasteiger partial charge in [-0.15, -0.1) is 0 Å². The van der Waals surface area contributed by atoms with Gasteiger partial charge in [0, 0.05) is 17.4 Å². The quantitative estimate of drug-likeness (QED) is 0.873. The lowest BCUT2D eigenvalue weighted by Gasteiger charge is -2.44. The van der Waals surface area contributed by atoms with E-state index in [1.54, 1.807) is 5.56 Å². The zero-order chi connectivity index (χ0) is 18.0. The second kappa shape index (κ2) is 6.07. The van der Waals surface area contributed by atoms with Gasteiger partial charge in [-0.2, -0.15) is 0 Å². The Bertz CT molecular complexity index is 747. The van der Waals surface area contributed by atoms with Gasteiger partial charge in [-0.3, -0.25) is 4.79 Å². The number of fused-ring (bicyclic) bond motifs is 4. The number of likely N-dealkylation sites (tertiary alicyclic amines) is 1. The van der Waals surface area contributed by atoms with Gasteiger partial charge in [0.1, 0.15) is 0 Å². The molecule has 3 saturated carbocycles. The molecule has 144 valence electrons. The molecule has 6 rings (SSSR count). The molecule has 1 aliphatic heterocycles. The van der Waals surface area contributed by atoms with E-state index in [2.05, 4.69) is 34.5 Å². The van der Waals surface area contributed by atoms with Crippen LogP contribution in [0.15, 0.2) is 24.3 Å². The lowest BCUT2D eigenvalue weighted by atomic mass is 9.73. The van der Waals surface area contributed by atoms with E-state index in [9.17, 15) is 4.79 Å². The number of nitrogens with one attached hydrogen (secondary N) is 1. The molecule has 1 N–H and O–H groups in total. The maximum atomic E-state index is 12.4. The van der Waals surface area contributed by atoms with Crippen LogP contribution >= 0.6 is 0 Å². The van der Waals surface area contributed by atoms with Crippen molar-refractivity contribution in [2.75, 3.05) is 13.1 Å². The summed E-state index contributed by atoms with van der Waals surface area (Å²) in [6.45, 7) is 2.51. The molecule has 0 aromatic heterocycles. The van der Waals surface area contributed by atoms with Gasteiger partial charge in [0.05, 0.1) is 6.04 Å². The molecule has 1 aromatic carbocycles. The van der Waals surface area contributed by atoms with Crippen molar-refractivity contribution in [3.8, 4) is 0 Å². The maximum absolute atomic E-state index is 12.4. The maximum Gasteiger partial charge on any atom is 0.223 e. The van der Waals surface area contributed by atoms with Crippen LogP contribution in [0.2, 0.25) is 0 Å². The highest BCUT2D eigenvalue weighted by Crippen LogP contribution is 2.53. The summed E-state index contributed by atoms with van der Waals surface area (Å²) in [5, 5.41) is 3.40. The average Bonchev–Trinajstić information content (AvgIpc) is 3.24. The van der Waals surface area contributed by atoms with Crippen molar-refractivity contribution < 1.29 is 4.79 Å². The number of hydrogen-bond donors (Lipinski definition) is 1. The van der Waals surface area contributed by atoms with E-state index < -0.39 is 0 Å². The Labute approximate surface area is 162 Å². The Morgan fingerprint density at radius 3 is 2.56 bits per heavy atom. The molecule has 3 nitrogen and oxygen atoms in total. The van der Waals surface area contributed by atoms with Gasteiger partial charge in [-0.1, -0.05) is 30.7 Å². The SMILES string of the molecule is O=C(N[C@H]1CC2(CCN([C@@H]3C[C@H]4CC[C@@H]3C4)CC2)c2ccccc21)C1CC1. The number of carbonyl (C=O) groups excluding carboxylic acids is 1. The standard InChI is InChI=1S/C24H32N2O/c27-23(17-7-8-17)25-21-15-24(20-4-2-1-3-19(20)21)9-11-26(12-10-24)22-14-16-5-6-18(22)13-16/h1-4,16-18,21-22H,5-15H2,(H,25,27)/t16-,18+,21-,22+/m0/s1. The third-order valence-corrected chi connectivity index (χ3v) is 8.69. The summed E-state index contributed by atoms with van der Waals surface area (Å²) in [6.07, 6.45) is 11.8. The van der Waals surface area contributed by atoms with Gasteiger partial charge in [0.25, 0.3) is 0 Å². The van der Waals surface area contributed by atoms with Crippen LogP contribution in [0.1, 0.15) is 75.0 Å². The third kappa shape index (κ3) is 2.68. The number of carbonyl (C=O) groups is 1. The lowest BCUT2D eigenvalue weighted by Crippen LogP contribution is -2.48. The average molecular weight is 365 g/mol. The van der Waals surface area contributed by atoms with Crippen LogP contribution in [-0.2, 0) is 10.2 Å². The lowest BCUT2D eigenvalue weighted by molar-refractivity contribution is -0.123. The number of hydrogen-bond acceptors (Lipinski definition) is 2. The van der Waals surface area contributed by atoms with Crippen LogP contribution in [0.4, 0.5) is 0 Å². The van der Waals surface area contributed by atoms with Gasteiger partial charge in [0.2, 0.25) is 5.91 Å². The first-order valence-electron chi connectivity index (χ1n) is 11.4. The van der Waals surface area contributed by atoms with Crippen molar-refractivity contribution in [3.05, 3.63) is 35.4 Å². The first kappa shape index (κ1) is 16.6. The molecule has 0 unspecified atom stereocenters. The van der Waals surface area contributed by atoms with Crippen LogP contribution in [0, 0.1) is 17.8 Å². The first-order chi connectivity index (χ1) is 13.2. The minimum atomic E-state index is 0.239. The Morgan fingerprint density at radius 2 is 1.85 bits per heavy atom. The van der Waals surface area contributed by atoms with E-state index in [0.717, 1.165) is 37.1 Å². The smallest absolute Gasteiger partial charge is 0.223 e. The third-order valence-electron chi connectivity index (χ3n) is 8.69.